The van der Waals surface area contributed by atoms with Crippen molar-refractivity contribution in [1.82, 2.24) is 14.8 Å². The van der Waals surface area contributed by atoms with Crippen molar-refractivity contribution in [2.45, 2.75) is 6.42 Å². The lowest BCUT2D eigenvalue weighted by Gasteiger charge is -2.35. The summed E-state index contributed by atoms with van der Waals surface area (Å²) >= 11 is 5.85. The van der Waals surface area contributed by atoms with Gasteiger partial charge in [-0.25, -0.2) is 4.98 Å². The Labute approximate surface area is 157 Å². The van der Waals surface area contributed by atoms with Crippen molar-refractivity contribution in [3.63, 3.8) is 0 Å². The summed E-state index contributed by atoms with van der Waals surface area (Å²) in [5, 5.41) is 0.294. The molecule has 136 valence electrons. The van der Waals surface area contributed by atoms with Crippen molar-refractivity contribution >= 4 is 23.4 Å². The third-order valence-corrected chi connectivity index (χ3v) is 4.59. The van der Waals surface area contributed by atoms with Gasteiger partial charge in [0.25, 0.3) is 5.91 Å². The predicted molar refractivity (Wildman–Crippen MR) is 98.4 cm³/mol. The number of nitrogens with zero attached hydrogens (tertiary/aromatic N) is 3. The molecule has 0 bridgehead atoms. The zero-order valence-electron chi connectivity index (χ0n) is 14.5. The number of amides is 2. The monoisotopic (exact) mass is 373 g/mol. The normalized spacial score (nSPS) is 14.2. The molecule has 0 N–H and O–H groups in total. The number of piperazine rings is 1. The summed E-state index contributed by atoms with van der Waals surface area (Å²) in [6.07, 6.45) is 1.84. The lowest BCUT2D eigenvalue weighted by atomic mass is 10.1. The summed E-state index contributed by atoms with van der Waals surface area (Å²) in [5.41, 5.74) is 1.43. The molecule has 0 spiro atoms. The Bertz CT molecular complexity index is 804. The van der Waals surface area contributed by atoms with Gasteiger partial charge in [-0.3, -0.25) is 9.59 Å². The molecule has 0 radical (unpaired) electrons. The highest BCUT2D eigenvalue weighted by molar-refractivity contribution is 6.29. The molecule has 0 saturated carbocycles. The van der Waals surface area contributed by atoms with Crippen molar-refractivity contribution in [3.8, 4) is 5.75 Å². The Hall–Kier alpha value is -2.60. The van der Waals surface area contributed by atoms with E-state index in [1.54, 1.807) is 29.0 Å². The fourth-order valence-corrected chi connectivity index (χ4v) is 3.12. The average molecular weight is 374 g/mol. The van der Waals surface area contributed by atoms with E-state index in [1.165, 1.54) is 6.20 Å². The van der Waals surface area contributed by atoms with Crippen molar-refractivity contribution in [2.24, 2.45) is 0 Å². The van der Waals surface area contributed by atoms with Gasteiger partial charge in [-0.05, 0) is 29.8 Å². The van der Waals surface area contributed by atoms with Gasteiger partial charge in [0.15, 0.2) is 0 Å². The van der Waals surface area contributed by atoms with Gasteiger partial charge in [0.1, 0.15) is 10.9 Å². The van der Waals surface area contributed by atoms with Crippen molar-refractivity contribution in [1.29, 1.82) is 0 Å². The lowest BCUT2D eigenvalue weighted by Crippen LogP contribution is -2.51. The van der Waals surface area contributed by atoms with Gasteiger partial charge in [0.05, 0.1) is 13.5 Å². The molecule has 2 amide bonds. The van der Waals surface area contributed by atoms with Gasteiger partial charge in [0.2, 0.25) is 5.91 Å². The maximum absolute atomic E-state index is 12.5. The van der Waals surface area contributed by atoms with E-state index in [0.717, 1.165) is 11.3 Å². The van der Waals surface area contributed by atoms with E-state index in [-0.39, 0.29) is 11.8 Å². The third-order valence-electron chi connectivity index (χ3n) is 4.38. The fourth-order valence-electron chi connectivity index (χ4n) is 2.95. The van der Waals surface area contributed by atoms with Crippen LogP contribution in [0.4, 0.5) is 0 Å². The highest BCUT2D eigenvalue weighted by Gasteiger charge is 2.25. The molecule has 0 atom stereocenters. The summed E-state index contributed by atoms with van der Waals surface area (Å²) in [4.78, 5) is 32.4. The van der Waals surface area contributed by atoms with Gasteiger partial charge < -0.3 is 14.5 Å². The van der Waals surface area contributed by atoms with Gasteiger partial charge in [-0.1, -0.05) is 23.7 Å². The second-order valence-corrected chi connectivity index (χ2v) is 6.46. The number of ether oxygens (including phenoxy) is 1. The Kier molecular flexibility index (Phi) is 5.73. The molecule has 1 saturated heterocycles. The molecule has 1 aliphatic heterocycles. The first-order valence-electron chi connectivity index (χ1n) is 8.38. The summed E-state index contributed by atoms with van der Waals surface area (Å²) in [7, 11) is 1.60. The quantitative estimate of drug-likeness (QED) is 0.771. The minimum absolute atomic E-state index is 0.0531. The lowest BCUT2D eigenvalue weighted by molar-refractivity contribution is -0.131. The summed E-state index contributed by atoms with van der Waals surface area (Å²) in [6.45, 7) is 2.05. The molecule has 0 unspecified atom stereocenters. The SMILES string of the molecule is COc1cccc(CC(=O)N2CCN(C(=O)c3ccnc(Cl)c3)CC2)c1. The first kappa shape index (κ1) is 18.2. The minimum Gasteiger partial charge on any atom is -0.497 e. The van der Waals surface area contributed by atoms with Crippen LogP contribution in [-0.2, 0) is 11.2 Å². The maximum Gasteiger partial charge on any atom is 0.254 e. The van der Waals surface area contributed by atoms with Crippen LogP contribution in [-0.4, -0.2) is 59.9 Å². The molecule has 0 aliphatic carbocycles. The molecular formula is C19H20ClN3O3. The molecule has 6 nitrogen and oxygen atoms in total. The number of rotatable bonds is 4. The Morgan fingerprint density at radius 1 is 1.12 bits per heavy atom. The van der Waals surface area contributed by atoms with E-state index in [0.29, 0.717) is 43.3 Å². The zero-order valence-corrected chi connectivity index (χ0v) is 15.3. The van der Waals surface area contributed by atoms with Crippen LogP contribution in [0.3, 0.4) is 0 Å². The van der Waals surface area contributed by atoms with Crippen LogP contribution in [0.25, 0.3) is 0 Å². The van der Waals surface area contributed by atoms with E-state index in [2.05, 4.69) is 4.98 Å². The largest absolute Gasteiger partial charge is 0.497 e. The number of benzene rings is 1. The van der Waals surface area contributed by atoms with Crippen LogP contribution in [0.15, 0.2) is 42.6 Å². The molecule has 2 aromatic rings. The molecule has 3 rings (SSSR count). The summed E-state index contributed by atoms with van der Waals surface area (Å²) in [5.74, 6) is 0.702. The first-order valence-corrected chi connectivity index (χ1v) is 8.76. The van der Waals surface area contributed by atoms with E-state index >= 15 is 0 Å². The van der Waals surface area contributed by atoms with E-state index in [4.69, 9.17) is 16.3 Å². The molecule has 7 heteroatoms. The van der Waals surface area contributed by atoms with Crippen LogP contribution in [0.1, 0.15) is 15.9 Å². The molecule has 1 aromatic heterocycles. The van der Waals surface area contributed by atoms with Gasteiger partial charge in [0, 0.05) is 37.9 Å². The number of halogens is 1. The number of hydrogen-bond donors (Lipinski definition) is 0. The third kappa shape index (κ3) is 4.32. The van der Waals surface area contributed by atoms with E-state index < -0.39 is 0 Å². The van der Waals surface area contributed by atoms with Crippen LogP contribution in [0, 0.1) is 0 Å². The van der Waals surface area contributed by atoms with Gasteiger partial charge in [-0.2, -0.15) is 0 Å². The fraction of sp³-hybridized carbons (Fsp3) is 0.316. The second kappa shape index (κ2) is 8.19. The molecule has 1 aliphatic rings. The number of hydrogen-bond acceptors (Lipinski definition) is 4. The summed E-state index contributed by atoms with van der Waals surface area (Å²) < 4.78 is 5.19. The van der Waals surface area contributed by atoms with Crippen molar-refractivity contribution in [2.75, 3.05) is 33.3 Å². The number of carbonyl (C=O) groups excluding carboxylic acids is 2. The maximum atomic E-state index is 12.5. The second-order valence-electron chi connectivity index (χ2n) is 6.07. The number of pyridine rings is 1. The number of methoxy groups -OCH3 is 1. The van der Waals surface area contributed by atoms with Crippen LogP contribution >= 0.6 is 11.6 Å². The van der Waals surface area contributed by atoms with Crippen LogP contribution in [0.2, 0.25) is 5.15 Å². The smallest absolute Gasteiger partial charge is 0.254 e. The molecule has 1 fully saturated rings. The Morgan fingerprint density at radius 2 is 1.85 bits per heavy atom. The zero-order chi connectivity index (χ0) is 18.5. The summed E-state index contributed by atoms with van der Waals surface area (Å²) in [6, 6.07) is 10.7. The topological polar surface area (TPSA) is 62.7 Å². The predicted octanol–water partition coefficient (Wildman–Crippen LogP) is 2.27. The van der Waals surface area contributed by atoms with Crippen molar-refractivity contribution < 1.29 is 14.3 Å². The van der Waals surface area contributed by atoms with Gasteiger partial charge >= 0.3 is 0 Å². The first-order chi connectivity index (χ1) is 12.6. The van der Waals surface area contributed by atoms with E-state index in [1.807, 2.05) is 24.3 Å². The highest BCUT2D eigenvalue weighted by Crippen LogP contribution is 2.15. The Balaban J connectivity index is 1.56. The van der Waals surface area contributed by atoms with Crippen molar-refractivity contribution in [3.05, 3.63) is 58.9 Å². The molecule has 26 heavy (non-hydrogen) atoms. The minimum atomic E-state index is -0.0887. The number of aromatic nitrogens is 1. The average Bonchev–Trinajstić information content (AvgIpc) is 2.67. The standard InChI is InChI=1S/C19H20ClN3O3/c1-26-16-4-2-3-14(11-16)12-18(24)22-7-9-23(10-8-22)19(25)15-5-6-21-17(20)13-15/h2-6,11,13H,7-10,12H2,1H3. The van der Waals surface area contributed by atoms with Crippen LogP contribution < -0.4 is 4.74 Å². The molecule has 1 aromatic carbocycles. The van der Waals surface area contributed by atoms with Gasteiger partial charge in [-0.15, -0.1) is 0 Å². The molecule has 2 heterocycles. The van der Waals surface area contributed by atoms with Crippen LogP contribution in [0.5, 0.6) is 5.75 Å². The Morgan fingerprint density at radius 3 is 2.54 bits per heavy atom. The molecular weight excluding hydrogens is 354 g/mol. The number of carbonyl (C=O) groups is 2. The van der Waals surface area contributed by atoms with E-state index in [9.17, 15) is 9.59 Å². The highest BCUT2D eigenvalue weighted by atomic mass is 35.5.